The first-order valence-electron chi connectivity index (χ1n) is 10.3. The highest BCUT2D eigenvalue weighted by atomic mass is 19.4. The molecule has 2 aromatic heterocycles. The minimum Gasteiger partial charge on any atom is -0.475 e. The van der Waals surface area contributed by atoms with E-state index in [0.29, 0.717) is 24.6 Å². The maximum absolute atomic E-state index is 12.1. The highest BCUT2D eigenvalue weighted by Crippen LogP contribution is 2.15. The Morgan fingerprint density at radius 2 is 1.68 bits per heavy atom. The minimum absolute atomic E-state index is 0.0373. The molecule has 34 heavy (non-hydrogen) atoms. The Hall–Kier alpha value is -3.89. The second-order valence-corrected chi connectivity index (χ2v) is 7.73. The molecule has 3 N–H and O–H groups in total. The van der Waals surface area contributed by atoms with Gasteiger partial charge in [-0.1, -0.05) is 13.8 Å². The van der Waals surface area contributed by atoms with E-state index in [0.717, 1.165) is 22.6 Å². The van der Waals surface area contributed by atoms with E-state index in [9.17, 15) is 18.0 Å². The fourth-order valence-electron chi connectivity index (χ4n) is 2.63. The van der Waals surface area contributed by atoms with E-state index in [1.165, 1.54) is 0 Å². The Labute approximate surface area is 194 Å². The number of carboxylic acids is 1. The molecule has 2 heterocycles. The van der Waals surface area contributed by atoms with Crippen LogP contribution in [0.5, 0.6) is 0 Å². The van der Waals surface area contributed by atoms with E-state index in [4.69, 9.17) is 9.90 Å². The number of hydrogen-bond acceptors (Lipinski definition) is 5. The molecule has 0 radical (unpaired) electrons. The normalized spacial score (nSPS) is 10.9. The van der Waals surface area contributed by atoms with Gasteiger partial charge in [-0.15, -0.1) is 0 Å². The zero-order valence-corrected chi connectivity index (χ0v) is 18.9. The molecule has 1 amide bonds. The molecule has 0 saturated heterocycles. The molecule has 3 aromatic rings. The summed E-state index contributed by atoms with van der Waals surface area (Å²) >= 11 is 0. The van der Waals surface area contributed by atoms with Crippen LogP contribution >= 0.6 is 0 Å². The Balaban J connectivity index is 0.000000509. The van der Waals surface area contributed by atoms with Gasteiger partial charge in [0.1, 0.15) is 0 Å². The monoisotopic (exact) mass is 477 g/mol. The number of aliphatic carboxylic acids is 1. The van der Waals surface area contributed by atoms with Crippen molar-refractivity contribution in [2.75, 3.05) is 11.9 Å². The van der Waals surface area contributed by atoms with Crippen molar-refractivity contribution in [3.8, 4) is 5.69 Å². The fourth-order valence-corrected chi connectivity index (χ4v) is 2.63. The standard InChI is InChI=1S/C21H25N5O.C2HF3O2/c1-15(2)12-24-21(27)17-4-6-19(7-5-17)23-13-18-14-26(25-16(18)3)20-8-10-22-11-9-20;3-2(4,5)1(6)7/h4-11,14-15,23H,12-13H2,1-3H3,(H,24,27);(H,6,7). The fraction of sp³-hybridized carbons (Fsp3) is 0.304. The van der Waals surface area contributed by atoms with Crippen molar-refractivity contribution >= 4 is 17.6 Å². The van der Waals surface area contributed by atoms with Gasteiger partial charge in [-0.3, -0.25) is 9.78 Å². The summed E-state index contributed by atoms with van der Waals surface area (Å²) in [5.74, 6) is -2.36. The Bertz CT molecular complexity index is 1080. The number of carbonyl (C=O) groups excluding carboxylic acids is 1. The lowest BCUT2D eigenvalue weighted by atomic mass is 10.1. The van der Waals surface area contributed by atoms with Gasteiger partial charge in [-0.2, -0.15) is 18.3 Å². The zero-order valence-electron chi connectivity index (χ0n) is 18.9. The van der Waals surface area contributed by atoms with E-state index in [1.807, 2.05) is 54.2 Å². The summed E-state index contributed by atoms with van der Waals surface area (Å²) in [7, 11) is 0. The lowest BCUT2D eigenvalue weighted by molar-refractivity contribution is -0.192. The maximum atomic E-state index is 12.1. The molecular formula is C23H26F3N5O3. The molecule has 0 atom stereocenters. The van der Waals surface area contributed by atoms with E-state index in [2.05, 4.69) is 34.6 Å². The number of carbonyl (C=O) groups is 2. The number of aryl methyl sites for hydroxylation is 1. The van der Waals surface area contributed by atoms with Crippen molar-refractivity contribution < 1.29 is 27.9 Å². The number of pyridine rings is 1. The van der Waals surface area contributed by atoms with Gasteiger partial charge in [0.15, 0.2) is 0 Å². The molecule has 182 valence electrons. The zero-order chi connectivity index (χ0) is 25.3. The molecule has 0 aliphatic heterocycles. The largest absolute Gasteiger partial charge is 0.490 e. The van der Waals surface area contributed by atoms with Crippen molar-refractivity contribution in [1.82, 2.24) is 20.1 Å². The summed E-state index contributed by atoms with van der Waals surface area (Å²) in [5.41, 5.74) is 4.71. The molecule has 1 aromatic carbocycles. The molecule has 0 aliphatic carbocycles. The van der Waals surface area contributed by atoms with E-state index in [1.54, 1.807) is 12.4 Å². The highest BCUT2D eigenvalue weighted by Gasteiger charge is 2.38. The second-order valence-electron chi connectivity index (χ2n) is 7.73. The molecule has 0 aliphatic rings. The summed E-state index contributed by atoms with van der Waals surface area (Å²) in [4.78, 5) is 25.0. The van der Waals surface area contributed by atoms with E-state index < -0.39 is 12.1 Å². The van der Waals surface area contributed by atoms with Gasteiger partial charge in [0, 0.05) is 48.5 Å². The highest BCUT2D eigenvalue weighted by molar-refractivity contribution is 5.94. The molecule has 0 bridgehead atoms. The Morgan fingerprint density at radius 1 is 1.09 bits per heavy atom. The van der Waals surface area contributed by atoms with Crippen LogP contribution in [-0.4, -0.2) is 44.5 Å². The summed E-state index contributed by atoms with van der Waals surface area (Å²) in [6, 6.07) is 11.4. The Kier molecular flexibility index (Phi) is 9.17. The number of aromatic nitrogens is 3. The third-order valence-electron chi connectivity index (χ3n) is 4.47. The summed E-state index contributed by atoms with van der Waals surface area (Å²) in [6.45, 7) is 7.49. The van der Waals surface area contributed by atoms with Crippen molar-refractivity contribution in [2.45, 2.75) is 33.5 Å². The number of hydrogen-bond donors (Lipinski definition) is 3. The molecule has 8 nitrogen and oxygen atoms in total. The summed E-state index contributed by atoms with van der Waals surface area (Å²) < 4.78 is 33.6. The molecule has 0 spiro atoms. The third-order valence-corrected chi connectivity index (χ3v) is 4.47. The van der Waals surface area contributed by atoms with Gasteiger partial charge in [-0.25, -0.2) is 9.48 Å². The van der Waals surface area contributed by atoms with Crippen molar-refractivity contribution in [2.24, 2.45) is 5.92 Å². The van der Waals surface area contributed by atoms with E-state index >= 15 is 0 Å². The minimum atomic E-state index is -5.08. The van der Waals surface area contributed by atoms with Crippen LogP contribution in [0.2, 0.25) is 0 Å². The van der Waals surface area contributed by atoms with Gasteiger partial charge >= 0.3 is 12.1 Å². The predicted octanol–water partition coefficient (Wildman–Crippen LogP) is 4.21. The van der Waals surface area contributed by atoms with Crippen LogP contribution in [0.1, 0.15) is 35.5 Å². The van der Waals surface area contributed by atoms with Crippen LogP contribution in [0.3, 0.4) is 0 Å². The van der Waals surface area contributed by atoms with Gasteiger partial charge in [0.05, 0.1) is 11.4 Å². The predicted molar refractivity (Wildman–Crippen MR) is 121 cm³/mol. The smallest absolute Gasteiger partial charge is 0.475 e. The number of alkyl halides is 3. The summed E-state index contributed by atoms with van der Waals surface area (Å²) in [6.07, 6.45) is 0.442. The van der Waals surface area contributed by atoms with Crippen LogP contribution in [-0.2, 0) is 11.3 Å². The number of rotatable bonds is 7. The summed E-state index contributed by atoms with van der Waals surface area (Å²) in [5, 5.41) is 18.0. The Morgan fingerprint density at radius 3 is 2.21 bits per heavy atom. The van der Waals surface area contributed by atoms with Gasteiger partial charge in [0.25, 0.3) is 5.91 Å². The second kappa shape index (κ2) is 11.8. The molecule has 3 rings (SSSR count). The molecule has 0 unspecified atom stereocenters. The van der Waals surface area contributed by atoms with Crippen molar-refractivity contribution in [1.29, 1.82) is 0 Å². The lowest BCUT2D eigenvalue weighted by Crippen LogP contribution is -2.27. The molecular weight excluding hydrogens is 451 g/mol. The number of carboxylic acid groups (broad SMARTS) is 1. The number of halogens is 3. The van der Waals surface area contributed by atoms with Crippen molar-refractivity contribution in [3.05, 3.63) is 71.8 Å². The van der Waals surface area contributed by atoms with Crippen LogP contribution in [0.15, 0.2) is 55.0 Å². The maximum Gasteiger partial charge on any atom is 0.490 e. The van der Waals surface area contributed by atoms with Gasteiger partial charge < -0.3 is 15.7 Å². The van der Waals surface area contributed by atoms with Crippen LogP contribution in [0.25, 0.3) is 5.69 Å². The number of nitrogens with zero attached hydrogens (tertiary/aromatic N) is 3. The van der Waals surface area contributed by atoms with Gasteiger partial charge in [-0.05, 0) is 49.2 Å². The first-order chi connectivity index (χ1) is 16.0. The van der Waals surface area contributed by atoms with E-state index in [-0.39, 0.29) is 5.91 Å². The number of nitrogens with one attached hydrogen (secondary N) is 2. The topological polar surface area (TPSA) is 109 Å². The van der Waals surface area contributed by atoms with Crippen molar-refractivity contribution in [3.63, 3.8) is 0 Å². The number of amides is 1. The molecule has 0 fully saturated rings. The number of benzene rings is 1. The first-order valence-corrected chi connectivity index (χ1v) is 10.3. The first kappa shape index (κ1) is 26.4. The average molecular weight is 477 g/mol. The van der Waals surface area contributed by atoms with Crippen LogP contribution in [0, 0.1) is 12.8 Å². The van der Waals surface area contributed by atoms with Crippen LogP contribution < -0.4 is 10.6 Å². The van der Waals surface area contributed by atoms with Crippen LogP contribution in [0.4, 0.5) is 18.9 Å². The van der Waals surface area contributed by atoms with Gasteiger partial charge in [0.2, 0.25) is 0 Å². The SMILES string of the molecule is Cc1nn(-c2ccncc2)cc1CNc1ccc(C(=O)NCC(C)C)cc1.O=C(O)C(F)(F)F. The quantitative estimate of drug-likeness (QED) is 0.471. The number of anilines is 1. The average Bonchev–Trinajstić information content (AvgIpc) is 3.17. The molecule has 0 saturated carbocycles. The lowest BCUT2D eigenvalue weighted by Gasteiger charge is -2.09. The third kappa shape index (κ3) is 8.23. The molecule has 11 heteroatoms.